The summed E-state index contributed by atoms with van der Waals surface area (Å²) in [5, 5.41) is 4.70. The Bertz CT molecular complexity index is 1270. The number of hydrogen-bond acceptors (Lipinski definition) is 4. The van der Waals surface area contributed by atoms with Gasteiger partial charge in [0.25, 0.3) is 5.91 Å². The van der Waals surface area contributed by atoms with Crippen molar-refractivity contribution < 1.29 is 9.18 Å². The molecule has 0 saturated carbocycles. The molecule has 6 nitrogen and oxygen atoms in total. The zero-order valence-electron chi connectivity index (χ0n) is 20.9. The van der Waals surface area contributed by atoms with E-state index in [0.29, 0.717) is 22.6 Å². The van der Waals surface area contributed by atoms with Crippen LogP contribution in [0.25, 0.3) is 23.0 Å². The minimum absolute atomic E-state index is 0.0470. The number of anilines is 1. The van der Waals surface area contributed by atoms with Crippen LogP contribution in [0.5, 0.6) is 0 Å². The summed E-state index contributed by atoms with van der Waals surface area (Å²) in [7, 11) is 0. The minimum Gasteiger partial charge on any atom is -0.371 e. The van der Waals surface area contributed by atoms with E-state index in [-0.39, 0.29) is 17.8 Å². The predicted molar refractivity (Wildman–Crippen MR) is 138 cm³/mol. The van der Waals surface area contributed by atoms with Gasteiger partial charge in [-0.15, -0.1) is 0 Å². The highest BCUT2D eigenvalue weighted by Crippen LogP contribution is 2.29. The van der Waals surface area contributed by atoms with E-state index in [0.717, 1.165) is 75.1 Å². The highest BCUT2D eigenvalue weighted by Gasteiger charge is 2.25. The van der Waals surface area contributed by atoms with Crippen LogP contribution < -0.4 is 4.90 Å². The Morgan fingerprint density at radius 2 is 1.80 bits per heavy atom. The Kier molecular flexibility index (Phi) is 6.58. The summed E-state index contributed by atoms with van der Waals surface area (Å²) >= 11 is 0. The fraction of sp³-hybridized carbons (Fsp3) is 0.464. The van der Waals surface area contributed by atoms with Gasteiger partial charge in [0.15, 0.2) is 5.65 Å². The molecule has 0 spiro atoms. The van der Waals surface area contributed by atoms with Gasteiger partial charge in [0.2, 0.25) is 0 Å². The van der Waals surface area contributed by atoms with E-state index in [4.69, 9.17) is 5.10 Å². The summed E-state index contributed by atoms with van der Waals surface area (Å²) < 4.78 is 16.9. The van der Waals surface area contributed by atoms with Gasteiger partial charge in [-0.3, -0.25) is 4.79 Å². The second kappa shape index (κ2) is 9.80. The molecule has 5 rings (SSSR count). The summed E-state index contributed by atoms with van der Waals surface area (Å²) in [5.74, 6) is -0.342. The fourth-order valence-electron chi connectivity index (χ4n) is 5.25. The molecule has 0 bridgehead atoms. The molecule has 2 aromatic heterocycles. The fourth-order valence-corrected chi connectivity index (χ4v) is 5.25. The average Bonchev–Trinajstić information content (AvgIpc) is 3.46. The Balaban J connectivity index is 1.54. The largest absolute Gasteiger partial charge is 0.371 e. The highest BCUT2D eigenvalue weighted by molar-refractivity contribution is 5.93. The van der Waals surface area contributed by atoms with Crippen LogP contribution in [-0.4, -0.2) is 51.1 Å². The van der Waals surface area contributed by atoms with Gasteiger partial charge in [-0.05, 0) is 76.8 Å². The first kappa shape index (κ1) is 23.5. The van der Waals surface area contributed by atoms with Gasteiger partial charge in [0.05, 0.1) is 11.4 Å². The van der Waals surface area contributed by atoms with Gasteiger partial charge >= 0.3 is 0 Å². The van der Waals surface area contributed by atoms with Crippen LogP contribution in [0.2, 0.25) is 0 Å². The maximum absolute atomic E-state index is 15.2. The molecule has 184 valence electrons. The molecule has 3 aromatic rings. The Hall–Kier alpha value is -3.22. The van der Waals surface area contributed by atoms with Crippen molar-refractivity contribution in [3.8, 4) is 11.3 Å². The van der Waals surface area contributed by atoms with E-state index in [2.05, 4.69) is 16.8 Å². The molecule has 1 amide bonds. The smallest absolute Gasteiger partial charge is 0.272 e. The molecule has 35 heavy (non-hydrogen) atoms. The van der Waals surface area contributed by atoms with Crippen molar-refractivity contribution >= 4 is 23.3 Å². The van der Waals surface area contributed by atoms with Gasteiger partial charge in [-0.1, -0.05) is 18.4 Å². The zero-order chi connectivity index (χ0) is 24.5. The number of fused-ring (bicyclic) bond motifs is 1. The molecule has 1 atom stereocenters. The molecule has 2 aliphatic heterocycles. The number of hydrogen-bond donors (Lipinski definition) is 0. The summed E-state index contributed by atoms with van der Waals surface area (Å²) in [4.78, 5) is 22.3. The summed E-state index contributed by atoms with van der Waals surface area (Å²) in [5.41, 5.74) is 4.67. The van der Waals surface area contributed by atoms with Crippen LogP contribution in [0.15, 0.2) is 35.9 Å². The number of carbonyl (C=O) groups excluding carboxylic acids is 1. The monoisotopic (exact) mass is 475 g/mol. The first-order valence-electron chi connectivity index (χ1n) is 12.8. The van der Waals surface area contributed by atoms with Crippen molar-refractivity contribution in [1.29, 1.82) is 0 Å². The lowest BCUT2D eigenvalue weighted by Crippen LogP contribution is -2.38. The molecular formula is C28H34FN5O. The van der Waals surface area contributed by atoms with Crippen LogP contribution in [-0.2, 0) is 0 Å². The quantitative estimate of drug-likeness (QED) is 0.467. The lowest BCUT2D eigenvalue weighted by atomic mass is 10.1. The molecular weight excluding hydrogens is 441 g/mol. The predicted octanol–water partition coefficient (Wildman–Crippen LogP) is 5.96. The van der Waals surface area contributed by atoms with Gasteiger partial charge in [-0.2, -0.15) is 5.10 Å². The number of amides is 1. The second-order valence-corrected chi connectivity index (χ2v) is 10.1. The maximum Gasteiger partial charge on any atom is 0.272 e. The number of likely N-dealkylation sites (tertiary alicyclic amines) is 1. The van der Waals surface area contributed by atoms with Crippen molar-refractivity contribution in [1.82, 2.24) is 19.5 Å². The number of allylic oxidation sites excluding steroid dienone is 1. The van der Waals surface area contributed by atoms with Crippen molar-refractivity contribution in [3.63, 3.8) is 0 Å². The van der Waals surface area contributed by atoms with E-state index in [1.54, 1.807) is 22.7 Å². The second-order valence-electron chi connectivity index (χ2n) is 10.1. The number of rotatable bonds is 4. The zero-order valence-corrected chi connectivity index (χ0v) is 20.9. The summed E-state index contributed by atoms with van der Waals surface area (Å²) in [6.45, 7) is 8.82. The van der Waals surface area contributed by atoms with Crippen LogP contribution in [0.3, 0.4) is 0 Å². The van der Waals surface area contributed by atoms with Crippen LogP contribution in [0, 0.1) is 5.82 Å². The Morgan fingerprint density at radius 1 is 1.03 bits per heavy atom. The standard InChI is InChI=1S/C28H34FN5O/c1-19(2)15-22-17-26(28(35)33-14-6-4-5-9-20(33)3)30-27-18-25(31-34(22)27)23-11-10-21(16-24(23)29)32-12-7-8-13-32/h10-11,15-18,20H,4-9,12-14H2,1-3H3/t20-/m1/s1. The van der Waals surface area contributed by atoms with Crippen LogP contribution in [0.1, 0.15) is 75.5 Å². The molecule has 0 N–H and O–H groups in total. The topological polar surface area (TPSA) is 53.7 Å². The molecule has 0 aliphatic carbocycles. The summed E-state index contributed by atoms with van der Waals surface area (Å²) in [6.07, 6.45) is 8.60. The lowest BCUT2D eigenvalue weighted by Gasteiger charge is -2.27. The van der Waals surface area contributed by atoms with Crippen molar-refractivity contribution in [2.45, 2.75) is 65.3 Å². The number of benzene rings is 1. The molecule has 2 fully saturated rings. The molecule has 2 saturated heterocycles. The lowest BCUT2D eigenvalue weighted by molar-refractivity contribution is 0.0692. The molecule has 0 unspecified atom stereocenters. The van der Waals surface area contributed by atoms with E-state index in [1.165, 1.54) is 0 Å². The van der Waals surface area contributed by atoms with Gasteiger partial charge in [0.1, 0.15) is 11.5 Å². The van der Waals surface area contributed by atoms with Crippen LogP contribution >= 0.6 is 0 Å². The van der Waals surface area contributed by atoms with Crippen molar-refractivity contribution in [3.05, 3.63) is 53.1 Å². The van der Waals surface area contributed by atoms with E-state index in [1.807, 2.05) is 37.0 Å². The van der Waals surface area contributed by atoms with E-state index >= 15 is 4.39 Å². The van der Waals surface area contributed by atoms with E-state index < -0.39 is 0 Å². The average molecular weight is 476 g/mol. The Morgan fingerprint density at radius 3 is 2.54 bits per heavy atom. The third kappa shape index (κ3) is 4.81. The number of nitrogens with zero attached hydrogens (tertiary/aromatic N) is 5. The van der Waals surface area contributed by atoms with E-state index in [9.17, 15) is 4.79 Å². The SMILES string of the molecule is CC(C)=Cc1cc(C(=O)N2CCCCC[C@H]2C)nc2cc(-c3ccc(N4CCCC4)cc3F)nn12. The number of aromatic nitrogens is 3. The van der Waals surface area contributed by atoms with Gasteiger partial charge in [-0.25, -0.2) is 13.9 Å². The Labute approximate surface area is 206 Å². The minimum atomic E-state index is -0.295. The first-order valence-corrected chi connectivity index (χ1v) is 12.8. The maximum atomic E-state index is 15.2. The normalized spacial score (nSPS) is 18.7. The molecule has 0 radical (unpaired) electrons. The number of carbonyl (C=O) groups is 1. The number of halogens is 1. The highest BCUT2D eigenvalue weighted by atomic mass is 19.1. The van der Waals surface area contributed by atoms with Crippen molar-refractivity contribution in [2.24, 2.45) is 0 Å². The molecule has 4 heterocycles. The van der Waals surface area contributed by atoms with Gasteiger partial charge in [0, 0.05) is 43.0 Å². The molecule has 1 aromatic carbocycles. The third-order valence-electron chi connectivity index (χ3n) is 7.12. The molecule has 7 heteroatoms. The summed E-state index contributed by atoms with van der Waals surface area (Å²) in [6, 6.07) is 9.15. The first-order chi connectivity index (χ1) is 16.9. The van der Waals surface area contributed by atoms with Gasteiger partial charge < -0.3 is 9.80 Å². The van der Waals surface area contributed by atoms with Crippen LogP contribution in [0.4, 0.5) is 10.1 Å². The molecule has 2 aliphatic rings. The third-order valence-corrected chi connectivity index (χ3v) is 7.12. The van der Waals surface area contributed by atoms with Crippen molar-refractivity contribution in [2.75, 3.05) is 24.5 Å².